The first-order valence-electron chi connectivity index (χ1n) is 25.0. The first kappa shape index (κ1) is 62.6. The van der Waals surface area contributed by atoms with Gasteiger partial charge in [-0.3, -0.25) is 23.2 Å². The summed E-state index contributed by atoms with van der Waals surface area (Å²) in [6.45, 7) is 9.80. The Labute approximate surface area is 462 Å². The molecule has 2 aromatic carbocycles. The van der Waals surface area contributed by atoms with Gasteiger partial charge in [-0.25, -0.2) is 28.3 Å². The van der Waals surface area contributed by atoms with Gasteiger partial charge < -0.3 is 57.1 Å². The molecule has 27 heteroatoms. The zero-order valence-electron chi connectivity index (χ0n) is 45.7. The van der Waals surface area contributed by atoms with Crippen molar-refractivity contribution in [2.45, 2.75) is 147 Å². The first-order valence-corrected chi connectivity index (χ1v) is 31.7. The monoisotopic (exact) mass is 1170 g/mol. The van der Waals surface area contributed by atoms with E-state index in [4.69, 9.17) is 63.2 Å². The van der Waals surface area contributed by atoms with Crippen LogP contribution in [0, 0.1) is 0 Å². The van der Waals surface area contributed by atoms with Crippen LogP contribution in [-0.4, -0.2) is 131 Å². The van der Waals surface area contributed by atoms with Crippen molar-refractivity contribution in [1.29, 1.82) is 0 Å². The van der Waals surface area contributed by atoms with Gasteiger partial charge in [0.05, 0.1) is 33.0 Å². The highest BCUT2D eigenvalue weighted by Gasteiger charge is 2.53. The minimum Gasteiger partial charge on any atom is -0.467 e. The zero-order valence-corrected chi connectivity index (χ0v) is 49.2. The van der Waals surface area contributed by atoms with Gasteiger partial charge >= 0.3 is 30.2 Å². The Morgan fingerprint density at radius 1 is 0.744 bits per heavy atom. The van der Waals surface area contributed by atoms with E-state index >= 15 is 0 Å². The van der Waals surface area contributed by atoms with Gasteiger partial charge in [-0.05, 0) is 61.8 Å². The van der Waals surface area contributed by atoms with Gasteiger partial charge in [-0.2, -0.15) is 11.8 Å². The quantitative estimate of drug-likeness (QED) is 0.0502. The maximum absolute atomic E-state index is 14.2. The molecule has 2 aromatic heterocycles. The second-order valence-corrected chi connectivity index (χ2v) is 29.6. The number of amides is 1. The van der Waals surface area contributed by atoms with Crippen molar-refractivity contribution in [3.8, 4) is 0 Å². The molecular formula is C51H72N5O18PS2Si. The summed E-state index contributed by atoms with van der Waals surface area (Å²) in [4.78, 5) is 92.3. The van der Waals surface area contributed by atoms with Crippen molar-refractivity contribution in [1.82, 2.24) is 23.6 Å². The number of carbonyl (C=O) groups excluding carboxylic acids is 2. The highest BCUT2D eigenvalue weighted by atomic mass is 32.5. The summed E-state index contributed by atoms with van der Waals surface area (Å²) in [5.41, 5.74) is -2.03. The molecule has 0 bridgehead atoms. The van der Waals surface area contributed by atoms with Gasteiger partial charge in [0.15, 0.2) is 20.8 Å². The first-order chi connectivity index (χ1) is 36.8. The number of esters is 1. The average Bonchev–Trinajstić information content (AvgIpc) is 3.92. The molecule has 6 rings (SSSR count). The average molecular weight is 1170 g/mol. The Bertz CT molecular complexity index is 2930. The van der Waals surface area contributed by atoms with E-state index in [0.29, 0.717) is 0 Å². The van der Waals surface area contributed by atoms with Crippen LogP contribution >= 0.6 is 18.5 Å². The van der Waals surface area contributed by atoms with Gasteiger partial charge in [0.1, 0.15) is 55.6 Å². The number of carbonyl (C=O) groups is 2. The standard InChI is InChI=1S/C51H72N5O18PS2Si/c1-50(2,3)72-47(60)52-35(46(59)66-9)29-77-30-37-40(42(64-7)44(71-37)53-24-22-38(57)55(48(53)61)31-67-26-33-18-14-12-15-19-33)73-75(63,76)69-28-36-41(74-78(10,11)51(4,5)6)43(65-8)45(70-36)54-25-23-39(58)56(49(54)62)32-68-27-34-20-16-13-17-21-34/h12-25,35-37,40-45H,26-32H2,1-11H3,(H,52,60)(H,63,76)/t35-,36+,37+,40+,41+,42+,43+,44+,45+,75?/m0/s1. The lowest BCUT2D eigenvalue weighted by molar-refractivity contribution is -0.142. The number of hydrogen-bond acceptors (Lipinski definition) is 19. The number of hydrogen-bond donors (Lipinski definition) is 2. The summed E-state index contributed by atoms with van der Waals surface area (Å²) < 4.78 is 70.5. The number of ether oxygens (including phenoxy) is 8. The highest BCUT2D eigenvalue weighted by molar-refractivity contribution is 8.07. The maximum atomic E-state index is 14.2. The topological polar surface area (TPSA) is 256 Å². The van der Waals surface area contributed by atoms with Gasteiger partial charge in [0, 0.05) is 50.3 Å². The van der Waals surface area contributed by atoms with Crippen molar-refractivity contribution in [2.75, 3.05) is 39.4 Å². The molecule has 2 aliphatic heterocycles. The van der Waals surface area contributed by atoms with Crippen molar-refractivity contribution in [3.05, 3.63) is 138 Å². The number of aromatic nitrogens is 4. The molecule has 2 aliphatic rings. The van der Waals surface area contributed by atoms with Crippen LogP contribution in [0.15, 0.2) is 104 Å². The van der Waals surface area contributed by atoms with E-state index in [2.05, 4.69) is 5.32 Å². The lowest BCUT2D eigenvalue weighted by Crippen LogP contribution is -2.50. The summed E-state index contributed by atoms with van der Waals surface area (Å²) in [5, 5.41) is 2.21. The van der Waals surface area contributed by atoms with Crippen molar-refractivity contribution >= 4 is 50.7 Å². The second-order valence-electron chi connectivity index (χ2n) is 20.9. The van der Waals surface area contributed by atoms with Crippen LogP contribution in [0.2, 0.25) is 18.1 Å². The van der Waals surface area contributed by atoms with Crippen LogP contribution < -0.4 is 27.8 Å². The Balaban J connectivity index is 1.28. The summed E-state index contributed by atoms with van der Waals surface area (Å²) in [7, 11) is 1.26. The number of nitrogens with one attached hydrogen (secondary N) is 1. The molecule has 10 atom stereocenters. The number of rotatable bonds is 25. The van der Waals surface area contributed by atoms with Crippen LogP contribution in [0.4, 0.5) is 4.79 Å². The molecule has 0 aliphatic carbocycles. The molecule has 0 radical (unpaired) electrons. The number of benzene rings is 2. The van der Waals surface area contributed by atoms with E-state index in [-0.39, 0.29) is 36.5 Å². The van der Waals surface area contributed by atoms with E-state index in [1.807, 2.05) is 94.5 Å². The number of thioether (sulfide) groups is 1. The van der Waals surface area contributed by atoms with Crippen LogP contribution in [-0.2, 0) is 94.6 Å². The fourth-order valence-electron chi connectivity index (χ4n) is 8.18. The van der Waals surface area contributed by atoms with Gasteiger partial charge in [-0.15, -0.1) is 0 Å². The Morgan fingerprint density at radius 3 is 1.69 bits per heavy atom. The lowest BCUT2D eigenvalue weighted by Gasteiger charge is -2.40. The third-order valence-corrected chi connectivity index (χ3v) is 20.3. The highest BCUT2D eigenvalue weighted by Crippen LogP contribution is 2.51. The molecule has 2 fully saturated rings. The molecule has 0 spiro atoms. The predicted octanol–water partition coefficient (Wildman–Crippen LogP) is 5.02. The van der Waals surface area contributed by atoms with Crippen LogP contribution in [0.3, 0.4) is 0 Å². The number of methoxy groups -OCH3 is 3. The molecular weight excluding hydrogens is 1090 g/mol. The Morgan fingerprint density at radius 2 is 1.23 bits per heavy atom. The van der Waals surface area contributed by atoms with Crippen LogP contribution in [0.25, 0.3) is 0 Å². The fraction of sp³-hybridized carbons (Fsp3) is 0.569. The second kappa shape index (κ2) is 27.2. The van der Waals surface area contributed by atoms with E-state index in [0.717, 1.165) is 42.7 Å². The smallest absolute Gasteiger partial charge is 0.408 e. The van der Waals surface area contributed by atoms with E-state index in [1.54, 1.807) is 20.8 Å². The normalized spacial score (nSPS) is 22.9. The van der Waals surface area contributed by atoms with Crippen LogP contribution in [0.1, 0.15) is 65.1 Å². The minimum atomic E-state index is -4.42. The molecule has 430 valence electrons. The molecule has 1 unspecified atom stereocenters. The minimum absolute atomic E-state index is 0.0199. The predicted molar refractivity (Wildman–Crippen MR) is 294 cm³/mol. The van der Waals surface area contributed by atoms with Gasteiger partial charge in [0.2, 0.25) is 0 Å². The molecule has 4 aromatic rings. The van der Waals surface area contributed by atoms with Crippen molar-refractivity contribution in [3.63, 3.8) is 0 Å². The van der Waals surface area contributed by atoms with E-state index < -0.39 is 124 Å². The summed E-state index contributed by atoms with van der Waals surface area (Å²) in [6, 6.07) is 19.6. The van der Waals surface area contributed by atoms with E-state index in [9.17, 15) is 33.7 Å². The zero-order chi connectivity index (χ0) is 57.2. The molecule has 0 saturated carbocycles. The van der Waals surface area contributed by atoms with E-state index in [1.165, 1.54) is 44.4 Å². The molecule has 1 amide bonds. The summed E-state index contributed by atoms with van der Waals surface area (Å²) in [5.74, 6) is -0.842. The SMILES string of the molecule is COC(=O)[C@H](CSC[C@H]1O[C@@H](n2ccc(=O)n(COCc3ccccc3)c2=O)[C@H](OC)[C@@H]1OP(O)(=S)OC[C@H]1O[C@@H](n2ccc(=O)n(COCc3ccccc3)c2=O)[C@H](OC)[C@@H]1O[Si](C)(C)C(C)(C)C)NC(=O)OC(C)(C)C. The Hall–Kier alpha value is -4.64. The molecule has 2 N–H and O–H groups in total. The summed E-state index contributed by atoms with van der Waals surface area (Å²) >= 11 is 6.84. The molecule has 4 heterocycles. The van der Waals surface area contributed by atoms with Crippen molar-refractivity contribution < 1.29 is 65.9 Å². The third kappa shape index (κ3) is 16.3. The molecule has 2 saturated heterocycles. The number of alkyl carbamates (subject to hydrolysis) is 1. The maximum Gasteiger partial charge on any atom is 0.408 e. The van der Waals surface area contributed by atoms with Gasteiger partial charge in [0.25, 0.3) is 11.1 Å². The molecule has 23 nitrogen and oxygen atoms in total. The lowest BCUT2D eigenvalue weighted by atomic mass is 10.1. The summed E-state index contributed by atoms with van der Waals surface area (Å²) in [6.07, 6.45) is -7.36. The Kier molecular flexibility index (Phi) is 21.8. The number of nitrogens with zero attached hydrogens (tertiary/aromatic N) is 4. The third-order valence-electron chi connectivity index (χ3n) is 13.2. The fourth-order valence-corrected chi connectivity index (χ4v) is 12.0. The van der Waals surface area contributed by atoms with Crippen LogP contribution in [0.5, 0.6) is 0 Å². The van der Waals surface area contributed by atoms with Gasteiger partial charge in [-0.1, -0.05) is 81.4 Å². The molecule has 78 heavy (non-hydrogen) atoms. The van der Waals surface area contributed by atoms with Crippen molar-refractivity contribution in [2.24, 2.45) is 0 Å². The largest absolute Gasteiger partial charge is 0.467 e.